The molecule has 6 aromatic carbocycles. The van der Waals surface area contributed by atoms with Crippen LogP contribution in [-0.4, -0.2) is 56.7 Å². The smallest absolute Gasteiger partial charge is 0.267 e. The van der Waals surface area contributed by atoms with Crippen molar-refractivity contribution in [2.45, 2.75) is 18.3 Å². The minimum Gasteiger partial charge on any atom is -0.293 e. The van der Waals surface area contributed by atoms with Crippen LogP contribution in [0.3, 0.4) is 0 Å². The first-order valence-electron chi connectivity index (χ1n) is 22.7. The van der Waals surface area contributed by atoms with E-state index in [0.29, 0.717) is 35.8 Å². The quantitative estimate of drug-likeness (QED) is 0.0676. The molecule has 2 aliphatic carbocycles. The van der Waals surface area contributed by atoms with Gasteiger partial charge < -0.3 is 0 Å². The molecular formula is C53H10Br8Cl10N4O8. The average Bonchev–Trinajstić information content (AvgIpc) is 2.28. The number of halogens is 18. The number of imide groups is 2. The van der Waals surface area contributed by atoms with Gasteiger partial charge in [0.2, 0.25) is 0 Å². The van der Waals surface area contributed by atoms with Gasteiger partial charge in [-0.2, -0.15) is 0 Å². The molecule has 8 aromatic rings. The van der Waals surface area contributed by atoms with Crippen LogP contribution in [0.15, 0.2) is 72.2 Å². The zero-order valence-corrected chi connectivity index (χ0v) is 59.4. The van der Waals surface area contributed by atoms with Crippen molar-refractivity contribution in [1.29, 1.82) is 0 Å². The van der Waals surface area contributed by atoms with Crippen molar-refractivity contribution < 1.29 is 38.4 Å². The molecule has 0 atom stereocenters. The molecule has 0 fully saturated rings. The number of benzene rings is 6. The summed E-state index contributed by atoms with van der Waals surface area (Å²) in [6, 6.07) is 8.17. The Hall–Kier alpha value is -2.16. The average molecular weight is 1820 g/mol. The highest BCUT2D eigenvalue weighted by Gasteiger charge is 2.50. The Balaban J connectivity index is 1.09. The Kier molecular flexibility index (Phi) is 16.1. The van der Waals surface area contributed by atoms with Crippen molar-refractivity contribution in [3.05, 3.63) is 189 Å². The summed E-state index contributed by atoms with van der Waals surface area (Å²) in [5.74, 6) is -9.62. The number of anilines is 2. The van der Waals surface area contributed by atoms with Gasteiger partial charge in [-0.05, 0) is 175 Å². The van der Waals surface area contributed by atoms with Gasteiger partial charge in [0.25, 0.3) is 23.6 Å². The van der Waals surface area contributed by atoms with Gasteiger partial charge in [-0.1, -0.05) is 116 Å². The van der Waals surface area contributed by atoms with Gasteiger partial charge in [0.05, 0.1) is 106 Å². The van der Waals surface area contributed by atoms with E-state index >= 15 is 19.2 Å². The minimum absolute atomic E-state index is 0.00683. The van der Waals surface area contributed by atoms with Gasteiger partial charge in [-0.3, -0.25) is 38.4 Å². The maximum atomic E-state index is 15.0. The molecule has 0 saturated carbocycles. The van der Waals surface area contributed by atoms with E-state index in [0.717, 1.165) is 9.80 Å². The summed E-state index contributed by atoms with van der Waals surface area (Å²) in [7, 11) is 0. The Morgan fingerprint density at radius 1 is 0.349 bits per heavy atom. The number of carbonyl (C=O) groups is 8. The molecular weight excluding hydrogens is 1810 g/mol. The van der Waals surface area contributed by atoms with E-state index in [1.54, 1.807) is 0 Å². The van der Waals surface area contributed by atoms with Gasteiger partial charge >= 0.3 is 0 Å². The lowest BCUT2D eigenvalue weighted by Gasteiger charge is -2.25. The van der Waals surface area contributed by atoms with Gasteiger partial charge in [0, 0.05) is 75.2 Å². The van der Waals surface area contributed by atoms with Crippen LogP contribution in [0.5, 0.6) is 0 Å². The third-order valence-electron chi connectivity index (χ3n) is 14.2. The maximum Gasteiger partial charge on any atom is 0.267 e. The number of ketones is 4. The number of pyridine rings is 2. The van der Waals surface area contributed by atoms with E-state index < -0.39 is 107 Å². The van der Waals surface area contributed by atoms with Crippen LogP contribution in [0.4, 0.5) is 11.4 Å². The predicted octanol–water partition coefficient (Wildman–Crippen LogP) is 20.9. The summed E-state index contributed by atoms with van der Waals surface area (Å²) in [5.41, 5.74) is -2.18. The van der Waals surface area contributed by atoms with Crippen LogP contribution >= 0.6 is 243 Å². The number of hydrogen-bond donors (Lipinski definition) is 0. The highest BCUT2D eigenvalue weighted by atomic mass is 79.9. The van der Waals surface area contributed by atoms with E-state index in [1.807, 2.05) is 0 Å². The molecule has 0 spiro atoms. The lowest BCUT2D eigenvalue weighted by molar-refractivity contribution is 0.0871. The summed E-state index contributed by atoms with van der Waals surface area (Å²) in [4.78, 5) is 128. The number of aromatic nitrogens is 2. The molecule has 2 aromatic heterocycles. The number of nitrogens with zero attached hydrogens (tertiary/aromatic N) is 4. The zero-order valence-electron chi connectivity index (χ0n) is 39.2. The summed E-state index contributed by atoms with van der Waals surface area (Å²) >= 11 is 94.6. The molecule has 0 unspecified atom stereocenters. The standard InChI is InChI=1S/C53H10Br8Cl10N4O8/c54-26-18-19(27(55)31(59)30(26)58)47(77)16(46(18)76)14-3-1-10-42(72-14)12(62)6-8(44(10)74-50(80)22-23(51(74)81)35(65)39(69)38(68)34(22)64)5-9-7-13(63)43-11(45(9)75-52(82)24-25(53(75)83)37(67)41(71)40(70)36(24)66)2-4-15(73-43)17-48(78)20-21(49(17)79)29(57)33(61)32(60)28(20)56/h1-4,6-7,16-17H,5H2. The van der Waals surface area contributed by atoms with E-state index in [-0.39, 0.29) is 108 Å². The number of hydrogen-bond acceptors (Lipinski definition) is 10. The van der Waals surface area contributed by atoms with Gasteiger partial charge in [0.15, 0.2) is 23.1 Å². The Morgan fingerprint density at radius 3 is 0.855 bits per heavy atom. The Bertz CT molecular complexity index is 4230. The molecule has 30 heteroatoms. The summed E-state index contributed by atoms with van der Waals surface area (Å²) in [6.07, 6.45) is -0.492. The van der Waals surface area contributed by atoms with Crippen LogP contribution in [0.1, 0.15) is 117 Å². The first-order chi connectivity index (χ1) is 39.1. The van der Waals surface area contributed by atoms with Crippen molar-refractivity contribution in [2.75, 3.05) is 9.80 Å². The molecule has 83 heavy (non-hydrogen) atoms. The highest BCUT2D eigenvalue weighted by molar-refractivity contribution is 9.15. The third-order valence-corrected chi connectivity index (χ3v) is 27.9. The lowest BCUT2D eigenvalue weighted by Crippen LogP contribution is -2.32. The number of rotatable bonds is 6. The molecule has 0 bridgehead atoms. The second-order valence-electron chi connectivity index (χ2n) is 18.4. The minimum atomic E-state index is -1.50. The van der Waals surface area contributed by atoms with Crippen molar-refractivity contribution in [1.82, 2.24) is 9.97 Å². The highest BCUT2D eigenvalue weighted by Crippen LogP contribution is 2.54. The molecule has 416 valence electrons. The van der Waals surface area contributed by atoms with Crippen molar-refractivity contribution in [2.24, 2.45) is 0 Å². The zero-order chi connectivity index (χ0) is 60.1. The van der Waals surface area contributed by atoms with Crippen LogP contribution in [0.25, 0.3) is 21.8 Å². The van der Waals surface area contributed by atoms with Crippen LogP contribution < -0.4 is 9.80 Å². The second-order valence-corrected chi connectivity index (χ2v) is 28.6. The number of Topliss-reactive ketones (excluding diaryl/α,β-unsaturated/α-hetero) is 4. The van der Waals surface area contributed by atoms with E-state index in [2.05, 4.69) is 127 Å². The van der Waals surface area contributed by atoms with Gasteiger partial charge in [0.1, 0.15) is 11.8 Å². The summed E-state index contributed by atoms with van der Waals surface area (Å²) < 4.78 is 3.02. The van der Waals surface area contributed by atoms with E-state index in [1.165, 1.54) is 36.4 Å². The Morgan fingerprint density at radius 2 is 0.602 bits per heavy atom. The van der Waals surface area contributed by atoms with Crippen LogP contribution in [-0.2, 0) is 6.42 Å². The number of carbonyl (C=O) groups excluding carboxylic acids is 8. The maximum absolute atomic E-state index is 15.0. The van der Waals surface area contributed by atoms with E-state index in [9.17, 15) is 19.2 Å². The molecule has 0 saturated heterocycles. The normalized spacial score (nSPS) is 15.2. The topological polar surface area (TPSA) is 169 Å². The van der Waals surface area contributed by atoms with Crippen molar-refractivity contribution in [3.63, 3.8) is 0 Å². The lowest BCUT2D eigenvalue weighted by atomic mass is 9.93. The monoisotopic (exact) mass is 1810 g/mol. The fraction of sp³-hybridized carbons (Fsp3) is 0.0566. The third kappa shape index (κ3) is 8.70. The fourth-order valence-corrected chi connectivity index (χ4v) is 18.2. The Labute approximate surface area is 581 Å². The van der Waals surface area contributed by atoms with Crippen molar-refractivity contribution in [3.8, 4) is 0 Å². The largest absolute Gasteiger partial charge is 0.293 e. The van der Waals surface area contributed by atoms with Crippen molar-refractivity contribution >= 4 is 323 Å². The second kappa shape index (κ2) is 21.8. The van der Waals surface area contributed by atoms with Gasteiger partial charge in [-0.15, -0.1) is 0 Å². The molecule has 0 N–H and O–H groups in total. The van der Waals surface area contributed by atoms with E-state index in [4.69, 9.17) is 126 Å². The van der Waals surface area contributed by atoms with Gasteiger partial charge in [-0.25, -0.2) is 19.8 Å². The molecule has 4 heterocycles. The first kappa shape index (κ1) is 61.1. The summed E-state index contributed by atoms with van der Waals surface area (Å²) in [5, 5.41) is -3.32. The molecule has 0 radical (unpaired) electrons. The molecule has 12 rings (SSSR count). The predicted molar refractivity (Wildman–Crippen MR) is 349 cm³/mol. The molecule has 12 nitrogen and oxygen atoms in total. The number of amides is 4. The SMILES string of the molecule is O=C1c2c(Br)c(Br)c(Br)c(Br)c2C(=O)C1c1ccc2c(N3C(=O)c4c(Cl)c(Cl)c(Cl)c(Cl)c4C3=O)c(Cc3cc(Cl)c4nc(C5C(=O)c6c(Br)c(Br)c(Br)c(Br)c6C5=O)ccc4c3N3C(=O)c4c(Cl)c(Cl)c(Cl)c(Cl)c4C3=O)cc(Cl)c2n1. The molecule has 2 aliphatic heterocycles. The molecule has 4 amide bonds. The summed E-state index contributed by atoms with van der Waals surface area (Å²) in [6.45, 7) is 0. The van der Waals surface area contributed by atoms with Crippen LogP contribution in [0.2, 0.25) is 50.2 Å². The molecule has 4 aliphatic rings. The first-order valence-corrected chi connectivity index (χ1v) is 32.8. The fourth-order valence-electron chi connectivity index (χ4n) is 10.6. The number of fused-ring (bicyclic) bond motifs is 6. The van der Waals surface area contributed by atoms with Crippen LogP contribution in [0, 0.1) is 0 Å².